The third-order valence-corrected chi connectivity index (χ3v) is 4.82. The molecule has 0 radical (unpaired) electrons. The summed E-state index contributed by atoms with van der Waals surface area (Å²) in [6.07, 6.45) is 0. The number of nitriles is 1. The lowest BCUT2D eigenvalue weighted by Crippen LogP contribution is -1.98. The highest BCUT2D eigenvalue weighted by atomic mass is 32.1. The van der Waals surface area contributed by atoms with Crippen LogP contribution in [0.25, 0.3) is 33.5 Å². The summed E-state index contributed by atoms with van der Waals surface area (Å²) in [4.78, 5) is 3.31. The summed E-state index contributed by atoms with van der Waals surface area (Å²) in [5.74, 6) is 0. The monoisotopic (exact) mass is 364 g/mol. The molecular formula is C24H16N2S. The van der Waals surface area contributed by atoms with E-state index in [1.54, 1.807) is 0 Å². The Labute approximate surface area is 163 Å². The SMILES string of the molecule is N#Cc1c(-c2ccccc2)c(-c2ccccc2)c(-c2ccccc2)[nH]c1=S. The van der Waals surface area contributed by atoms with Crippen molar-refractivity contribution in [2.45, 2.75) is 0 Å². The van der Waals surface area contributed by atoms with E-state index < -0.39 is 0 Å². The third kappa shape index (κ3) is 3.19. The van der Waals surface area contributed by atoms with E-state index >= 15 is 0 Å². The van der Waals surface area contributed by atoms with Gasteiger partial charge in [-0.15, -0.1) is 0 Å². The van der Waals surface area contributed by atoms with Crippen molar-refractivity contribution < 1.29 is 0 Å². The Morgan fingerprint density at radius 3 is 1.56 bits per heavy atom. The van der Waals surface area contributed by atoms with Gasteiger partial charge in [-0.25, -0.2) is 0 Å². The number of nitrogens with zero attached hydrogens (tertiary/aromatic N) is 1. The maximum absolute atomic E-state index is 9.86. The van der Waals surface area contributed by atoms with Crippen molar-refractivity contribution in [3.05, 3.63) is 101 Å². The first-order chi connectivity index (χ1) is 13.3. The fourth-order valence-corrected chi connectivity index (χ4v) is 3.57. The zero-order valence-corrected chi connectivity index (χ0v) is 15.3. The Morgan fingerprint density at radius 1 is 0.630 bits per heavy atom. The van der Waals surface area contributed by atoms with Crippen LogP contribution < -0.4 is 0 Å². The molecule has 1 aromatic heterocycles. The van der Waals surface area contributed by atoms with Crippen molar-refractivity contribution in [2.75, 3.05) is 0 Å². The first kappa shape index (κ1) is 17.0. The van der Waals surface area contributed by atoms with Gasteiger partial charge in [0.05, 0.1) is 11.3 Å². The number of H-pyrrole nitrogens is 1. The predicted molar refractivity (Wildman–Crippen MR) is 113 cm³/mol. The topological polar surface area (TPSA) is 39.6 Å². The lowest BCUT2D eigenvalue weighted by Gasteiger charge is -2.18. The molecule has 0 saturated heterocycles. The zero-order valence-electron chi connectivity index (χ0n) is 14.5. The van der Waals surface area contributed by atoms with Gasteiger partial charge in [0.1, 0.15) is 10.7 Å². The molecule has 3 aromatic carbocycles. The molecule has 1 N–H and O–H groups in total. The lowest BCUT2D eigenvalue weighted by molar-refractivity contribution is 1.27. The molecular weight excluding hydrogens is 348 g/mol. The Bertz CT molecular complexity index is 1170. The van der Waals surface area contributed by atoms with Crippen molar-refractivity contribution in [1.29, 1.82) is 5.26 Å². The van der Waals surface area contributed by atoms with Crippen molar-refractivity contribution in [2.24, 2.45) is 0 Å². The minimum atomic E-state index is 0.454. The standard InChI is InChI=1S/C24H16N2S/c25-16-20-21(17-10-4-1-5-11-17)22(18-12-6-2-7-13-18)23(26-24(20)27)19-14-8-3-9-15-19/h1-15H,(H,26,27). The number of pyridine rings is 1. The van der Waals surface area contributed by atoms with E-state index in [0.717, 1.165) is 33.5 Å². The highest BCUT2D eigenvalue weighted by Crippen LogP contribution is 2.40. The molecule has 4 aromatic rings. The number of nitrogens with one attached hydrogen (secondary N) is 1. The van der Waals surface area contributed by atoms with Crippen LogP contribution in [0.1, 0.15) is 5.56 Å². The van der Waals surface area contributed by atoms with Crippen LogP contribution in [-0.4, -0.2) is 4.98 Å². The second-order valence-corrected chi connectivity index (χ2v) is 6.57. The van der Waals surface area contributed by atoms with Gasteiger partial charge >= 0.3 is 0 Å². The molecule has 0 aliphatic heterocycles. The van der Waals surface area contributed by atoms with Crippen LogP contribution in [0.4, 0.5) is 0 Å². The van der Waals surface area contributed by atoms with E-state index in [0.29, 0.717) is 10.2 Å². The van der Waals surface area contributed by atoms with Gasteiger partial charge in [-0.05, 0) is 16.7 Å². The predicted octanol–water partition coefficient (Wildman–Crippen LogP) is 6.62. The van der Waals surface area contributed by atoms with Gasteiger partial charge in [0.2, 0.25) is 0 Å². The second kappa shape index (κ2) is 7.41. The van der Waals surface area contributed by atoms with E-state index in [1.807, 2.05) is 78.9 Å². The molecule has 0 aliphatic carbocycles. The minimum Gasteiger partial charge on any atom is -0.344 e. The van der Waals surface area contributed by atoms with E-state index in [4.69, 9.17) is 12.2 Å². The van der Waals surface area contributed by atoms with Gasteiger partial charge in [0, 0.05) is 11.1 Å². The Balaban J connectivity index is 2.18. The molecule has 4 rings (SSSR count). The maximum Gasteiger partial charge on any atom is 0.122 e. The van der Waals surface area contributed by atoms with Crippen LogP contribution in [0.15, 0.2) is 91.0 Å². The lowest BCUT2D eigenvalue weighted by atomic mass is 9.88. The molecule has 0 amide bonds. The van der Waals surface area contributed by atoms with Crippen molar-refractivity contribution in [3.63, 3.8) is 0 Å². The first-order valence-electron chi connectivity index (χ1n) is 8.66. The molecule has 128 valence electrons. The van der Waals surface area contributed by atoms with Crippen LogP contribution >= 0.6 is 12.2 Å². The van der Waals surface area contributed by atoms with Crippen LogP contribution in [0, 0.1) is 16.0 Å². The average Bonchev–Trinajstić information content (AvgIpc) is 2.75. The summed E-state index contributed by atoms with van der Waals surface area (Å²) in [6, 6.07) is 32.5. The molecule has 0 aliphatic rings. The quantitative estimate of drug-likeness (QED) is 0.415. The second-order valence-electron chi connectivity index (χ2n) is 6.16. The van der Waals surface area contributed by atoms with Crippen LogP contribution in [0.2, 0.25) is 0 Å². The maximum atomic E-state index is 9.86. The number of hydrogen-bond acceptors (Lipinski definition) is 2. The first-order valence-corrected chi connectivity index (χ1v) is 9.07. The normalized spacial score (nSPS) is 10.3. The van der Waals surface area contributed by atoms with Gasteiger partial charge in [-0.2, -0.15) is 5.26 Å². The number of rotatable bonds is 3. The smallest absolute Gasteiger partial charge is 0.122 e. The molecule has 3 heteroatoms. The number of hydrogen-bond donors (Lipinski definition) is 1. The zero-order chi connectivity index (χ0) is 18.6. The summed E-state index contributed by atoms with van der Waals surface area (Å²) >= 11 is 5.56. The Kier molecular flexibility index (Phi) is 4.65. The summed E-state index contributed by atoms with van der Waals surface area (Å²) in [6.45, 7) is 0. The molecule has 1 heterocycles. The average molecular weight is 364 g/mol. The van der Waals surface area contributed by atoms with Crippen LogP contribution in [0.3, 0.4) is 0 Å². The summed E-state index contributed by atoms with van der Waals surface area (Å²) in [5.41, 5.74) is 6.32. The number of benzene rings is 3. The number of aromatic amines is 1. The highest BCUT2D eigenvalue weighted by Gasteiger charge is 2.19. The Morgan fingerprint density at radius 2 is 1.07 bits per heavy atom. The molecule has 0 fully saturated rings. The molecule has 2 nitrogen and oxygen atoms in total. The minimum absolute atomic E-state index is 0.454. The van der Waals surface area contributed by atoms with Crippen molar-refractivity contribution in [1.82, 2.24) is 4.98 Å². The van der Waals surface area contributed by atoms with Gasteiger partial charge < -0.3 is 4.98 Å². The fraction of sp³-hybridized carbons (Fsp3) is 0. The van der Waals surface area contributed by atoms with Gasteiger partial charge in [0.25, 0.3) is 0 Å². The highest BCUT2D eigenvalue weighted by molar-refractivity contribution is 7.71. The summed E-state index contributed by atoms with van der Waals surface area (Å²) < 4.78 is 0.454. The third-order valence-electron chi connectivity index (χ3n) is 4.51. The molecule has 27 heavy (non-hydrogen) atoms. The van der Waals surface area contributed by atoms with E-state index in [2.05, 4.69) is 23.2 Å². The van der Waals surface area contributed by atoms with Crippen LogP contribution in [-0.2, 0) is 0 Å². The Hall–Kier alpha value is -3.48. The van der Waals surface area contributed by atoms with E-state index in [1.165, 1.54) is 0 Å². The molecule has 0 bridgehead atoms. The van der Waals surface area contributed by atoms with Gasteiger partial charge in [0.15, 0.2) is 0 Å². The van der Waals surface area contributed by atoms with Crippen molar-refractivity contribution in [3.8, 4) is 39.6 Å². The van der Waals surface area contributed by atoms with E-state index in [-0.39, 0.29) is 0 Å². The van der Waals surface area contributed by atoms with Crippen molar-refractivity contribution >= 4 is 12.2 Å². The molecule has 0 spiro atoms. The molecule has 0 atom stereocenters. The van der Waals surface area contributed by atoms with Gasteiger partial charge in [-0.3, -0.25) is 0 Å². The largest absolute Gasteiger partial charge is 0.344 e. The fourth-order valence-electron chi connectivity index (χ4n) is 3.32. The number of aromatic nitrogens is 1. The molecule has 0 saturated carbocycles. The van der Waals surface area contributed by atoms with Gasteiger partial charge in [-0.1, -0.05) is 103 Å². The summed E-state index contributed by atoms with van der Waals surface area (Å²) in [7, 11) is 0. The van der Waals surface area contributed by atoms with Crippen LogP contribution in [0.5, 0.6) is 0 Å². The molecule has 0 unspecified atom stereocenters. The summed E-state index contributed by atoms with van der Waals surface area (Å²) in [5, 5.41) is 9.86. The van der Waals surface area contributed by atoms with E-state index in [9.17, 15) is 5.26 Å².